The molecule has 0 saturated heterocycles. The maximum absolute atomic E-state index is 13.3. The lowest BCUT2D eigenvalue weighted by Gasteiger charge is -2.22. The second-order valence-electron chi connectivity index (χ2n) is 6.48. The van der Waals surface area contributed by atoms with E-state index in [1.165, 1.54) is 30.5 Å². The third-order valence-electron chi connectivity index (χ3n) is 4.24. The highest BCUT2D eigenvalue weighted by Gasteiger charge is 2.28. The quantitative estimate of drug-likeness (QED) is 0.359. The Labute approximate surface area is 200 Å². The lowest BCUT2D eigenvalue weighted by Crippen LogP contribution is -2.39. The number of halogens is 3. The number of hydrazone groups is 1. The summed E-state index contributed by atoms with van der Waals surface area (Å²) < 4.78 is 27.5. The molecule has 0 aliphatic heterocycles. The highest BCUT2D eigenvalue weighted by molar-refractivity contribution is 7.89. The Morgan fingerprint density at radius 3 is 2.31 bits per heavy atom. The van der Waals surface area contributed by atoms with Gasteiger partial charge in [-0.05, 0) is 48.5 Å². The lowest BCUT2D eigenvalue weighted by molar-refractivity contribution is -0.121. The van der Waals surface area contributed by atoms with Crippen LogP contribution in [0.15, 0.2) is 76.9 Å². The molecule has 11 heteroatoms. The number of carbonyl (C=O) groups excluding carboxylic acids is 1. The molecule has 32 heavy (non-hydrogen) atoms. The van der Waals surface area contributed by atoms with Crippen molar-refractivity contribution in [3.63, 3.8) is 0 Å². The van der Waals surface area contributed by atoms with Gasteiger partial charge in [-0.1, -0.05) is 46.9 Å². The van der Waals surface area contributed by atoms with Gasteiger partial charge in [0.05, 0.1) is 23.3 Å². The molecule has 3 aromatic rings. The highest BCUT2D eigenvalue weighted by atomic mass is 35.5. The van der Waals surface area contributed by atoms with Gasteiger partial charge in [-0.25, -0.2) is 13.8 Å². The first kappa shape index (κ1) is 24.2. The molecule has 0 saturated carbocycles. The van der Waals surface area contributed by atoms with Crippen molar-refractivity contribution < 1.29 is 13.2 Å². The van der Waals surface area contributed by atoms with Crippen molar-refractivity contribution in [2.45, 2.75) is 11.4 Å². The van der Waals surface area contributed by atoms with Crippen molar-refractivity contribution in [3.05, 3.63) is 93.2 Å². The highest BCUT2D eigenvalue weighted by Crippen LogP contribution is 2.28. The van der Waals surface area contributed by atoms with Crippen LogP contribution >= 0.6 is 34.8 Å². The number of pyridine rings is 1. The number of nitrogens with zero attached hydrogens (tertiary/aromatic N) is 3. The van der Waals surface area contributed by atoms with Crippen molar-refractivity contribution in [2.75, 3.05) is 6.54 Å². The Kier molecular flexibility index (Phi) is 8.22. The maximum Gasteiger partial charge on any atom is 0.255 e. The van der Waals surface area contributed by atoms with E-state index in [1.54, 1.807) is 42.6 Å². The summed E-state index contributed by atoms with van der Waals surface area (Å²) >= 11 is 18.3. The van der Waals surface area contributed by atoms with Crippen LogP contribution in [-0.2, 0) is 21.4 Å². The summed E-state index contributed by atoms with van der Waals surface area (Å²) in [6.07, 6.45) is 2.93. The van der Waals surface area contributed by atoms with Gasteiger partial charge >= 0.3 is 0 Å². The zero-order chi connectivity index (χ0) is 23.1. The molecule has 0 fully saturated rings. The van der Waals surface area contributed by atoms with Gasteiger partial charge in [-0.2, -0.15) is 9.41 Å². The lowest BCUT2D eigenvalue weighted by atomic mass is 10.2. The summed E-state index contributed by atoms with van der Waals surface area (Å²) in [5.41, 5.74) is 3.21. The molecule has 0 spiro atoms. The average molecular weight is 512 g/mol. The first-order valence-electron chi connectivity index (χ1n) is 9.19. The molecule has 0 radical (unpaired) electrons. The van der Waals surface area contributed by atoms with Crippen LogP contribution < -0.4 is 5.43 Å². The van der Waals surface area contributed by atoms with Crippen LogP contribution in [0.4, 0.5) is 0 Å². The number of aromatic nitrogens is 1. The van der Waals surface area contributed by atoms with Crippen molar-refractivity contribution in [1.82, 2.24) is 14.7 Å². The molecule has 2 aromatic carbocycles. The third-order valence-corrected chi connectivity index (χ3v) is 7.01. The maximum atomic E-state index is 13.3. The average Bonchev–Trinajstić information content (AvgIpc) is 2.76. The summed E-state index contributed by atoms with van der Waals surface area (Å²) in [5, 5.41) is 4.77. The fraction of sp³-hybridized carbons (Fsp3) is 0.0952. The van der Waals surface area contributed by atoms with Gasteiger partial charge in [0.15, 0.2) is 0 Å². The topological polar surface area (TPSA) is 91.7 Å². The smallest absolute Gasteiger partial charge is 0.255 e. The predicted molar refractivity (Wildman–Crippen MR) is 125 cm³/mol. The standard InChI is InChI=1S/C21H17Cl3N4O3S/c22-15-7-9-17(10-8-15)32(30,31)28(13-18-19(23)5-3-6-20(18)24)14-21(29)27-26-12-16-4-1-2-11-25-16/h1-12H,13-14H2,(H,27,29)/b26-12+. The van der Waals surface area contributed by atoms with Gasteiger partial charge in [0.2, 0.25) is 10.0 Å². The van der Waals surface area contributed by atoms with Gasteiger partial charge < -0.3 is 0 Å². The van der Waals surface area contributed by atoms with Crippen LogP contribution in [0, 0.1) is 0 Å². The molecule has 1 heterocycles. The molecule has 0 aliphatic rings. The Bertz CT molecular complexity index is 1200. The van der Waals surface area contributed by atoms with E-state index in [-0.39, 0.29) is 21.5 Å². The molecular weight excluding hydrogens is 495 g/mol. The van der Waals surface area contributed by atoms with E-state index in [2.05, 4.69) is 15.5 Å². The summed E-state index contributed by atoms with van der Waals surface area (Å²) in [7, 11) is -4.09. The zero-order valence-electron chi connectivity index (χ0n) is 16.5. The number of rotatable bonds is 8. The number of hydrogen-bond donors (Lipinski definition) is 1. The van der Waals surface area contributed by atoms with E-state index in [0.717, 1.165) is 4.31 Å². The van der Waals surface area contributed by atoms with E-state index in [9.17, 15) is 13.2 Å². The van der Waals surface area contributed by atoms with Crippen LogP contribution in [0.1, 0.15) is 11.3 Å². The molecule has 0 bridgehead atoms. The Hall–Kier alpha value is -2.49. The molecule has 3 rings (SSSR count). The number of hydrogen-bond acceptors (Lipinski definition) is 5. The van der Waals surface area contributed by atoms with E-state index in [4.69, 9.17) is 34.8 Å². The molecule has 166 valence electrons. The second kappa shape index (κ2) is 10.9. The van der Waals surface area contributed by atoms with Crippen LogP contribution in [0.2, 0.25) is 15.1 Å². The Balaban J connectivity index is 1.85. The largest absolute Gasteiger partial charge is 0.272 e. The van der Waals surface area contributed by atoms with Gasteiger partial charge in [0.25, 0.3) is 5.91 Å². The van der Waals surface area contributed by atoms with Gasteiger partial charge in [-0.3, -0.25) is 9.78 Å². The van der Waals surface area contributed by atoms with E-state index in [0.29, 0.717) is 16.3 Å². The SMILES string of the molecule is O=C(CN(Cc1c(Cl)cccc1Cl)S(=O)(=O)c1ccc(Cl)cc1)N/N=C/c1ccccn1. The minimum Gasteiger partial charge on any atom is -0.272 e. The minimum absolute atomic E-state index is 0.0325. The van der Waals surface area contributed by atoms with E-state index < -0.39 is 22.5 Å². The van der Waals surface area contributed by atoms with E-state index in [1.807, 2.05) is 0 Å². The monoisotopic (exact) mass is 510 g/mol. The molecule has 1 aromatic heterocycles. The Morgan fingerprint density at radius 1 is 1.00 bits per heavy atom. The van der Waals surface area contributed by atoms with Crippen molar-refractivity contribution in [2.24, 2.45) is 5.10 Å². The molecule has 0 unspecified atom stereocenters. The van der Waals surface area contributed by atoms with Crippen LogP contribution in [-0.4, -0.2) is 36.4 Å². The van der Waals surface area contributed by atoms with Gasteiger partial charge in [0.1, 0.15) is 0 Å². The van der Waals surface area contributed by atoms with Gasteiger partial charge in [0, 0.05) is 33.4 Å². The number of benzene rings is 2. The molecule has 7 nitrogen and oxygen atoms in total. The normalized spacial score (nSPS) is 11.8. The zero-order valence-corrected chi connectivity index (χ0v) is 19.5. The second-order valence-corrected chi connectivity index (χ2v) is 9.66. The number of amides is 1. The molecule has 1 N–H and O–H groups in total. The summed E-state index contributed by atoms with van der Waals surface area (Å²) in [6, 6.07) is 15.7. The number of carbonyl (C=O) groups is 1. The van der Waals surface area contributed by atoms with Crippen LogP contribution in [0.5, 0.6) is 0 Å². The first-order valence-corrected chi connectivity index (χ1v) is 11.8. The number of nitrogens with one attached hydrogen (secondary N) is 1. The summed E-state index contributed by atoms with van der Waals surface area (Å²) in [6.45, 7) is -0.743. The minimum atomic E-state index is -4.09. The van der Waals surface area contributed by atoms with Crippen LogP contribution in [0.3, 0.4) is 0 Å². The molecule has 0 atom stereocenters. The van der Waals surface area contributed by atoms with E-state index >= 15 is 0 Å². The van der Waals surface area contributed by atoms with Crippen molar-refractivity contribution in [3.8, 4) is 0 Å². The first-order chi connectivity index (χ1) is 15.3. The summed E-state index contributed by atoms with van der Waals surface area (Å²) in [4.78, 5) is 16.5. The van der Waals surface area contributed by atoms with Gasteiger partial charge in [-0.15, -0.1) is 0 Å². The van der Waals surface area contributed by atoms with Crippen molar-refractivity contribution in [1.29, 1.82) is 0 Å². The van der Waals surface area contributed by atoms with Crippen molar-refractivity contribution >= 4 is 56.9 Å². The molecular formula is C21H17Cl3N4O3S. The predicted octanol–water partition coefficient (Wildman–Crippen LogP) is 4.38. The molecule has 0 aliphatic carbocycles. The Morgan fingerprint density at radius 2 is 1.69 bits per heavy atom. The third kappa shape index (κ3) is 6.27. The number of sulfonamides is 1. The molecule has 1 amide bonds. The summed E-state index contributed by atoms with van der Waals surface area (Å²) in [5.74, 6) is -0.655. The fourth-order valence-corrected chi connectivity index (χ4v) is 4.67. The van der Waals surface area contributed by atoms with Crippen LogP contribution in [0.25, 0.3) is 0 Å². The fourth-order valence-electron chi connectivity index (χ4n) is 2.66.